The van der Waals surface area contributed by atoms with Gasteiger partial charge in [-0.1, -0.05) is 29.3 Å². The summed E-state index contributed by atoms with van der Waals surface area (Å²) in [4.78, 5) is 12.0. The Morgan fingerprint density at radius 2 is 2.05 bits per heavy atom. The summed E-state index contributed by atoms with van der Waals surface area (Å²) in [6, 6.07) is 5.22. The standard InChI is InChI=1S/C15H19Cl2NO2/c1-9(12-5-6-13(16)14(17)7-12)18-15(19)10(2)20-8-11-3-4-11/h5-7,9-11H,3-4,8H2,1-2H3,(H,18,19). The van der Waals surface area contributed by atoms with Crippen molar-refractivity contribution in [1.29, 1.82) is 0 Å². The van der Waals surface area contributed by atoms with Gasteiger partial charge in [-0.15, -0.1) is 0 Å². The predicted octanol–water partition coefficient (Wildman–Crippen LogP) is 3.99. The van der Waals surface area contributed by atoms with E-state index >= 15 is 0 Å². The largest absolute Gasteiger partial charge is 0.368 e. The highest BCUT2D eigenvalue weighted by Crippen LogP contribution is 2.29. The maximum Gasteiger partial charge on any atom is 0.249 e. The van der Waals surface area contributed by atoms with Crippen LogP contribution in [0.2, 0.25) is 10.0 Å². The Kier molecular flexibility index (Phi) is 5.30. The second-order valence-corrected chi connectivity index (χ2v) is 6.14. The van der Waals surface area contributed by atoms with E-state index in [1.165, 1.54) is 12.8 Å². The second-order valence-electron chi connectivity index (χ2n) is 5.32. The average Bonchev–Trinajstić information content (AvgIpc) is 3.23. The number of benzene rings is 1. The summed E-state index contributed by atoms with van der Waals surface area (Å²) in [6.07, 6.45) is 2.00. The van der Waals surface area contributed by atoms with Crippen LogP contribution >= 0.6 is 23.2 Å². The first-order valence-corrected chi connectivity index (χ1v) is 7.60. The second kappa shape index (κ2) is 6.79. The molecule has 1 N–H and O–H groups in total. The average molecular weight is 316 g/mol. The summed E-state index contributed by atoms with van der Waals surface area (Å²) >= 11 is 11.9. The number of nitrogens with one attached hydrogen (secondary N) is 1. The lowest BCUT2D eigenvalue weighted by molar-refractivity contribution is -0.132. The first-order valence-electron chi connectivity index (χ1n) is 6.84. The summed E-state index contributed by atoms with van der Waals surface area (Å²) in [5.74, 6) is 0.543. The van der Waals surface area contributed by atoms with Crippen LogP contribution in [-0.4, -0.2) is 18.6 Å². The van der Waals surface area contributed by atoms with Crippen molar-refractivity contribution in [2.45, 2.75) is 38.8 Å². The molecule has 0 radical (unpaired) electrons. The van der Waals surface area contributed by atoms with Gasteiger partial charge in [-0.25, -0.2) is 0 Å². The number of carbonyl (C=O) groups is 1. The van der Waals surface area contributed by atoms with Crippen molar-refractivity contribution < 1.29 is 9.53 Å². The van der Waals surface area contributed by atoms with Crippen molar-refractivity contribution >= 4 is 29.1 Å². The molecule has 2 unspecified atom stereocenters. The molecule has 0 aliphatic heterocycles. The molecule has 2 rings (SSSR count). The molecule has 1 aliphatic rings. The lowest BCUT2D eigenvalue weighted by Gasteiger charge is -2.18. The molecule has 1 aromatic rings. The molecule has 1 aliphatic carbocycles. The number of carbonyl (C=O) groups excluding carboxylic acids is 1. The number of halogens is 2. The van der Waals surface area contributed by atoms with Crippen LogP contribution in [0.4, 0.5) is 0 Å². The van der Waals surface area contributed by atoms with Crippen LogP contribution in [0.25, 0.3) is 0 Å². The third-order valence-corrected chi connectivity index (χ3v) is 4.19. The fourth-order valence-electron chi connectivity index (χ4n) is 1.84. The third kappa shape index (κ3) is 4.37. The van der Waals surface area contributed by atoms with Crippen LogP contribution < -0.4 is 5.32 Å². The Bertz CT molecular complexity index is 489. The first kappa shape index (κ1) is 15.6. The van der Waals surface area contributed by atoms with Gasteiger partial charge in [0.2, 0.25) is 5.91 Å². The molecule has 1 fully saturated rings. The van der Waals surface area contributed by atoms with E-state index in [-0.39, 0.29) is 11.9 Å². The van der Waals surface area contributed by atoms with Crippen LogP contribution in [0.15, 0.2) is 18.2 Å². The van der Waals surface area contributed by atoms with Gasteiger partial charge in [0, 0.05) is 0 Å². The van der Waals surface area contributed by atoms with Crippen molar-refractivity contribution in [2.75, 3.05) is 6.61 Å². The van der Waals surface area contributed by atoms with Crippen molar-refractivity contribution in [2.24, 2.45) is 5.92 Å². The normalized spacial score (nSPS) is 17.6. The van der Waals surface area contributed by atoms with E-state index in [0.717, 1.165) is 5.56 Å². The molecule has 0 bridgehead atoms. The molecule has 0 spiro atoms. The molecule has 2 atom stereocenters. The van der Waals surface area contributed by atoms with Gasteiger partial charge >= 0.3 is 0 Å². The van der Waals surface area contributed by atoms with Crippen LogP contribution in [-0.2, 0) is 9.53 Å². The molecule has 5 heteroatoms. The van der Waals surface area contributed by atoms with Crippen molar-refractivity contribution in [3.8, 4) is 0 Å². The fraction of sp³-hybridized carbons (Fsp3) is 0.533. The molecule has 3 nitrogen and oxygen atoms in total. The smallest absolute Gasteiger partial charge is 0.249 e. The summed E-state index contributed by atoms with van der Waals surface area (Å²) in [5.41, 5.74) is 0.919. The number of ether oxygens (including phenoxy) is 1. The van der Waals surface area contributed by atoms with E-state index in [4.69, 9.17) is 27.9 Å². The summed E-state index contributed by atoms with van der Waals surface area (Å²) in [6.45, 7) is 4.36. The van der Waals surface area contributed by atoms with E-state index in [0.29, 0.717) is 22.6 Å². The number of amides is 1. The molecule has 110 valence electrons. The molecule has 0 aromatic heterocycles. The van der Waals surface area contributed by atoms with Crippen molar-refractivity contribution in [3.63, 3.8) is 0 Å². The number of hydrogen-bond donors (Lipinski definition) is 1. The third-order valence-electron chi connectivity index (χ3n) is 3.45. The van der Waals surface area contributed by atoms with Crippen LogP contribution in [0.5, 0.6) is 0 Å². The highest BCUT2D eigenvalue weighted by molar-refractivity contribution is 6.42. The van der Waals surface area contributed by atoms with Gasteiger partial charge < -0.3 is 10.1 Å². The highest BCUT2D eigenvalue weighted by Gasteiger charge is 2.24. The maximum absolute atomic E-state index is 12.0. The van der Waals surface area contributed by atoms with E-state index in [1.54, 1.807) is 19.1 Å². The van der Waals surface area contributed by atoms with Crippen LogP contribution in [0, 0.1) is 5.92 Å². The monoisotopic (exact) mass is 315 g/mol. The Hall–Kier alpha value is -0.770. The van der Waals surface area contributed by atoms with Gasteiger partial charge in [-0.05, 0) is 50.3 Å². The molecular weight excluding hydrogens is 297 g/mol. The minimum absolute atomic E-state index is 0.107. The van der Waals surface area contributed by atoms with Gasteiger partial charge in [0.05, 0.1) is 22.7 Å². The highest BCUT2D eigenvalue weighted by atomic mass is 35.5. The molecular formula is C15H19Cl2NO2. The van der Waals surface area contributed by atoms with Gasteiger partial charge in [0.15, 0.2) is 0 Å². The topological polar surface area (TPSA) is 38.3 Å². The lowest BCUT2D eigenvalue weighted by Crippen LogP contribution is -2.36. The number of hydrogen-bond acceptors (Lipinski definition) is 2. The Morgan fingerprint density at radius 1 is 1.35 bits per heavy atom. The zero-order chi connectivity index (χ0) is 14.7. The summed E-state index contributed by atoms with van der Waals surface area (Å²) < 4.78 is 5.55. The molecule has 1 amide bonds. The summed E-state index contributed by atoms with van der Waals surface area (Å²) in [5, 5.41) is 3.92. The quantitative estimate of drug-likeness (QED) is 0.862. The molecule has 1 aromatic carbocycles. The van der Waals surface area contributed by atoms with Crippen molar-refractivity contribution in [3.05, 3.63) is 33.8 Å². The van der Waals surface area contributed by atoms with E-state index in [2.05, 4.69) is 5.32 Å². The predicted molar refractivity (Wildman–Crippen MR) is 81.2 cm³/mol. The lowest BCUT2D eigenvalue weighted by atomic mass is 10.1. The van der Waals surface area contributed by atoms with Crippen LogP contribution in [0.1, 0.15) is 38.3 Å². The van der Waals surface area contributed by atoms with Crippen LogP contribution in [0.3, 0.4) is 0 Å². The molecule has 1 saturated carbocycles. The number of rotatable bonds is 6. The minimum atomic E-state index is -0.430. The van der Waals surface area contributed by atoms with E-state index in [1.807, 2.05) is 13.0 Å². The summed E-state index contributed by atoms with van der Waals surface area (Å²) in [7, 11) is 0. The van der Waals surface area contributed by atoms with E-state index in [9.17, 15) is 4.79 Å². The Balaban J connectivity index is 1.86. The van der Waals surface area contributed by atoms with E-state index < -0.39 is 6.10 Å². The molecule has 0 heterocycles. The zero-order valence-electron chi connectivity index (χ0n) is 11.7. The molecule has 0 saturated heterocycles. The fourth-order valence-corrected chi connectivity index (χ4v) is 2.14. The first-order chi connectivity index (χ1) is 9.47. The maximum atomic E-state index is 12.0. The van der Waals surface area contributed by atoms with Gasteiger partial charge in [0.1, 0.15) is 6.10 Å². The van der Waals surface area contributed by atoms with Crippen molar-refractivity contribution in [1.82, 2.24) is 5.32 Å². The van der Waals surface area contributed by atoms with Gasteiger partial charge in [0.25, 0.3) is 0 Å². The molecule has 20 heavy (non-hydrogen) atoms. The van der Waals surface area contributed by atoms with Gasteiger partial charge in [-0.2, -0.15) is 0 Å². The Morgan fingerprint density at radius 3 is 2.65 bits per heavy atom. The zero-order valence-corrected chi connectivity index (χ0v) is 13.2. The minimum Gasteiger partial charge on any atom is -0.368 e. The SMILES string of the molecule is CC(OCC1CC1)C(=O)NC(C)c1ccc(Cl)c(Cl)c1. The Labute approximate surface area is 129 Å². The van der Waals surface area contributed by atoms with Gasteiger partial charge in [-0.3, -0.25) is 4.79 Å².